The third-order valence-electron chi connectivity index (χ3n) is 4.40. The van der Waals surface area contributed by atoms with Crippen molar-refractivity contribution in [2.75, 3.05) is 19.6 Å². The average Bonchev–Trinajstić information content (AvgIpc) is 2.40. The van der Waals surface area contributed by atoms with E-state index in [-0.39, 0.29) is 5.60 Å². The minimum atomic E-state index is 0.228. The first kappa shape index (κ1) is 16.2. The van der Waals surface area contributed by atoms with Crippen LogP contribution in [0.25, 0.3) is 0 Å². The van der Waals surface area contributed by atoms with E-state index in [1.54, 1.807) is 0 Å². The number of likely N-dealkylation sites (tertiary alicyclic amines) is 1. The largest absolute Gasteiger partial charge is 0.422 e. The Kier molecular flexibility index (Phi) is 8.19. The molecule has 0 radical (unpaired) electrons. The number of rotatable bonds is 9. The molecule has 1 aliphatic heterocycles. The van der Waals surface area contributed by atoms with Gasteiger partial charge in [-0.05, 0) is 58.2 Å². The molecule has 0 aliphatic carbocycles. The predicted octanol–water partition coefficient (Wildman–Crippen LogP) is 2.89. The van der Waals surface area contributed by atoms with Gasteiger partial charge < -0.3 is 9.33 Å². The summed E-state index contributed by atoms with van der Waals surface area (Å²) in [6.07, 6.45) is 11.9. The van der Waals surface area contributed by atoms with Crippen molar-refractivity contribution in [1.82, 2.24) is 4.90 Å². The van der Waals surface area contributed by atoms with Gasteiger partial charge >= 0.3 is 0 Å². The molecule has 0 unspecified atom stereocenters. The molecule has 0 bridgehead atoms. The molecule has 1 heterocycles. The Labute approximate surface area is 117 Å². The minimum absolute atomic E-state index is 0.228. The van der Waals surface area contributed by atoms with Gasteiger partial charge in [0.1, 0.15) is 10.5 Å². The molecule has 0 aromatic rings. The molecule has 0 aromatic heterocycles. The number of hydrogen-bond acceptors (Lipinski definition) is 2. The van der Waals surface area contributed by atoms with Crippen LogP contribution in [0.3, 0.4) is 0 Å². The average molecular weight is 272 g/mol. The molecule has 0 N–H and O–H groups in total. The van der Waals surface area contributed by atoms with E-state index in [2.05, 4.69) is 18.7 Å². The second-order valence-electron chi connectivity index (χ2n) is 5.89. The molecule has 0 atom stereocenters. The van der Waals surface area contributed by atoms with Crippen molar-refractivity contribution >= 4 is 10.5 Å². The Hall–Kier alpha value is 0.137. The van der Waals surface area contributed by atoms with Crippen molar-refractivity contribution in [3.05, 3.63) is 0 Å². The van der Waals surface area contributed by atoms with Gasteiger partial charge in [-0.15, -0.1) is 0 Å². The van der Waals surface area contributed by atoms with Gasteiger partial charge in [-0.1, -0.05) is 33.1 Å². The number of nitrogens with zero attached hydrogens (tertiary/aromatic N) is 1. The maximum Gasteiger partial charge on any atom is 0.146 e. The molecular weight excluding hydrogens is 238 g/mol. The zero-order chi connectivity index (χ0) is 13.3. The first-order valence-electron chi connectivity index (χ1n) is 8.04. The van der Waals surface area contributed by atoms with Crippen LogP contribution < -0.4 is 0 Å². The van der Waals surface area contributed by atoms with E-state index >= 15 is 0 Å². The molecule has 0 saturated carbocycles. The van der Waals surface area contributed by atoms with E-state index in [9.17, 15) is 0 Å². The van der Waals surface area contributed by atoms with E-state index in [0.29, 0.717) is 0 Å². The van der Waals surface area contributed by atoms with Gasteiger partial charge in [0.15, 0.2) is 0 Å². The smallest absolute Gasteiger partial charge is 0.146 e. The highest BCUT2D eigenvalue weighted by molar-refractivity contribution is 5.98. The fraction of sp³-hybridized carbons (Fsp3) is 1.00. The topological polar surface area (TPSA) is 12.5 Å². The van der Waals surface area contributed by atoms with Crippen molar-refractivity contribution in [2.24, 2.45) is 0 Å². The van der Waals surface area contributed by atoms with Crippen LogP contribution >= 0.6 is 0 Å². The normalized spacial score (nSPS) is 18.3. The molecule has 2 nitrogen and oxygen atoms in total. The van der Waals surface area contributed by atoms with Crippen molar-refractivity contribution in [2.45, 2.75) is 77.2 Å². The van der Waals surface area contributed by atoms with Gasteiger partial charge in [0.05, 0.1) is 5.60 Å². The van der Waals surface area contributed by atoms with E-state index in [4.69, 9.17) is 4.43 Å². The van der Waals surface area contributed by atoms with E-state index in [1.165, 1.54) is 77.4 Å². The zero-order valence-electron chi connectivity index (χ0n) is 12.8. The third kappa shape index (κ3) is 5.41. The second kappa shape index (κ2) is 9.11. The van der Waals surface area contributed by atoms with Crippen molar-refractivity contribution in [3.63, 3.8) is 0 Å². The summed E-state index contributed by atoms with van der Waals surface area (Å²) >= 11 is 0. The maximum absolute atomic E-state index is 6.03. The summed E-state index contributed by atoms with van der Waals surface area (Å²) in [7, 11) is 0.888. The SMILES string of the molecule is CCCC(CCC)(CCCN1CCCCC1)O[SiH3]. The lowest BCUT2D eigenvalue weighted by molar-refractivity contribution is 0.0432. The molecular formula is C15H33NOSi. The van der Waals surface area contributed by atoms with Gasteiger partial charge in [0.25, 0.3) is 0 Å². The summed E-state index contributed by atoms with van der Waals surface area (Å²) in [6.45, 7) is 8.53. The summed E-state index contributed by atoms with van der Waals surface area (Å²) in [6, 6.07) is 0. The second-order valence-corrected chi connectivity index (χ2v) is 6.30. The lowest BCUT2D eigenvalue weighted by atomic mass is 9.88. The quantitative estimate of drug-likeness (QED) is 0.598. The number of hydrogen-bond donors (Lipinski definition) is 0. The van der Waals surface area contributed by atoms with Crippen LogP contribution in [0.4, 0.5) is 0 Å². The standard InChI is InChI=1S/C15H33NOSi/c1-3-9-15(17-18,10-4-2)11-8-14-16-12-6-5-7-13-16/h3-14H2,1-2,18H3. The fourth-order valence-corrected chi connectivity index (χ4v) is 4.01. The first-order valence-corrected chi connectivity index (χ1v) is 8.85. The van der Waals surface area contributed by atoms with Crippen molar-refractivity contribution < 1.29 is 4.43 Å². The van der Waals surface area contributed by atoms with Crippen LogP contribution in [0.2, 0.25) is 0 Å². The van der Waals surface area contributed by atoms with Crippen LogP contribution in [0.1, 0.15) is 71.6 Å². The number of piperidine rings is 1. The molecule has 18 heavy (non-hydrogen) atoms. The van der Waals surface area contributed by atoms with Crippen LogP contribution in [0.5, 0.6) is 0 Å². The van der Waals surface area contributed by atoms with E-state index < -0.39 is 0 Å². The summed E-state index contributed by atoms with van der Waals surface area (Å²) in [4.78, 5) is 2.65. The first-order chi connectivity index (χ1) is 8.76. The monoisotopic (exact) mass is 271 g/mol. The summed E-state index contributed by atoms with van der Waals surface area (Å²) in [5.74, 6) is 0. The highest BCUT2D eigenvalue weighted by Gasteiger charge is 2.26. The summed E-state index contributed by atoms with van der Waals surface area (Å²) in [5, 5.41) is 0. The fourth-order valence-electron chi connectivity index (χ4n) is 3.40. The van der Waals surface area contributed by atoms with Crippen LogP contribution in [0, 0.1) is 0 Å². The van der Waals surface area contributed by atoms with Crippen LogP contribution in [-0.4, -0.2) is 40.6 Å². The zero-order valence-corrected chi connectivity index (χ0v) is 14.8. The lowest BCUT2D eigenvalue weighted by Crippen LogP contribution is -2.35. The highest BCUT2D eigenvalue weighted by Crippen LogP contribution is 2.29. The van der Waals surface area contributed by atoms with Gasteiger partial charge in [-0.25, -0.2) is 0 Å². The molecule has 0 amide bonds. The Bertz CT molecular complexity index is 199. The van der Waals surface area contributed by atoms with Gasteiger partial charge in [-0.2, -0.15) is 0 Å². The van der Waals surface area contributed by atoms with Crippen LogP contribution in [0.15, 0.2) is 0 Å². The Morgan fingerprint density at radius 1 is 1.00 bits per heavy atom. The maximum atomic E-state index is 6.03. The van der Waals surface area contributed by atoms with E-state index in [0.717, 1.165) is 10.5 Å². The molecule has 0 aromatic carbocycles. The van der Waals surface area contributed by atoms with Crippen molar-refractivity contribution in [1.29, 1.82) is 0 Å². The van der Waals surface area contributed by atoms with Gasteiger partial charge in [-0.3, -0.25) is 0 Å². The van der Waals surface area contributed by atoms with Gasteiger partial charge in [0, 0.05) is 0 Å². The minimum Gasteiger partial charge on any atom is -0.422 e. The Balaban J connectivity index is 2.30. The van der Waals surface area contributed by atoms with Crippen molar-refractivity contribution in [3.8, 4) is 0 Å². The highest BCUT2D eigenvalue weighted by atomic mass is 28.2. The molecule has 1 fully saturated rings. The molecule has 1 rings (SSSR count). The summed E-state index contributed by atoms with van der Waals surface area (Å²) < 4.78 is 6.03. The lowest BCUT2D eigenvalue weighted by Gasteiger charge is -2.34. The molecule has 3 heteroatoms. The molecule has 1 aliphatic rings. The Morgan fingerprint density at radius 3 is 2.11 bits per heavy atom. The predicted molar refractivity (Wildman–Crippen MR) is 83.1 cm³/mol. The molecule has 0 spiro atoms. The molecule has 108 valence electrons. The Morgan fingerprint density at radius 2 is 1.61 bits per heavy atom. The van der Waals surface area contributed by atoms with Gasteiger partial charge in [0.2, 0.25) is 0 Å². The summed E-state index contributed by atoms with van der Waals surface area (Å²) in [5.41, 5.74) is 0.228. The van der Waals surface area contributed by atoms with E-state index in [1.807, 2.05) is 0 Å². The third-order valence-corrected chi connectivity index (χ3v) is 5.27. The van der Waals surface area contributed by atoms with Crippen LogP contribution in [-0.2, 0) is 4.43 Å². The molecule has 1 saturated heterocycles.